The molecule has 0 fully saturated rings. The number of hydrogen-bond acceptors (Lipinski definition) is 4. The van der Waals surface area contributed by atoms with Crippen LogP contribution in [-0.2, 0) is 4.74 Å². The molecule has 102 valence electrons. The predicted octanol–water partition coefficient (Wildman–Crippen LogP) is 2.05. The lowest BCUT2D eigenvalue weighted by Crippen LogP contribution is -2.22. The van der Waals surface area contributed by atoms with Crippen molar-refractivity contribution in [2.75, 3.05) is 0 Å². The molecule has 1 aliphatic heterocycles. The Morgan fingerprint density at radius 2 is 1.53 bits per heavy atom. The molecule has 0 atom stereocenters. The van der Waals surface area contributed by atoms with Crippen molar-refractivity contribution < 1.29 is 24.2 Å². The molecule has 1 heterocycles. The van der Waals surface area contributed by atoms with Crippen LogP contribution in [0.5, 0.6) is 0 Å². The molecule has 6 nitrogen and oxygen atoms in total. The summed E-state index contributed by atoms with van der Waals surface area (Å²) in [6, 6.07) is 6.74. The van der Waals surface area contributed by atoms with Crippen molar-refractivity contribution in [1.82, 2.24) is 5.32 Å². The minimum atomic E-state index is -1.22. The topological polar surface area (TPSA) is 92.7 Å². The molecule has 2 rings (SSSR count). The quantitative estimate of drug-likeness (QED) is 0.553. The molecule has 6 heteroatoms. The van der Waals surface area contributed by atoms with Crippen molar-refractivity contribution in [2.45, 2.75) is 26.4 Å². The first kappa shape index (κ1) is 14.7. The van der Waals surface area contributed by atoms with Gasteiger partial charge in [-0.25, -0.2) is 4.79 Å². The summed E-state index contributed by atoms with van der Waals surface area (Å²) >= 11 is 0. The lowest BCUT2D eigenvalue weighted by Gasteiger charge is -2.15. The van der Waals surface area contributed by atoms with E-state index in [1.807, 2.05) is 0 Å². The fraction of sp³-hybridized carbons (Fsp3) is 0.308. The van der Waals surface area contributed by atoms with Gasteiger partial charge in [-0.3, -0.25) is 14.9 Å². The minimum Gasteiger partial charge on any atom is -0.450 e. The van der Waals surface area contributed by atoms with E-state index in [2.05, 4.69) is 10.1 Å². The number of carbonyl (C=O) groups is 3. The van der Waals surface area contributed by atoms with E-state index in [4.69, 9.17) is 5.11 Å². The summed E-state index contributed by atoms with van der Waals surface area (Å²) in [5.74, 6) is -0.601. The van der Waals surface area contributed by atoms with Crippen molar-refractivity contribution in [3.8, 4) is 0 Å². The number of hydrogen-bond donors (Lipinski definition) is 2. The Bertz CT molecular complexity index is 483. The second kappa shape index (κ2) is 5.51. The molecule has 0 radical (unpaired) electrons. The zero-order valence-electron chi connectivity index (χ0n) is 10.9. The van der Waals surface area contributed by atoms with E-state index in [-0.39, 0.29) is 11.8 Å². The zero-order chi connectivity index (χ0) is 14.6. The molecule has 1 aromatic rings. The van der Waals surface area contributed by atoms with Gasteiger partial charge in [0.15, 0.2) is 0 Å². The fourth-order valence-corrected chi connectivity index (χ4v) is 1.38. The number of ether oxygens (including phenoxy) is 1. The van der Waals surface area contributed by atoms with Crippen LogP contribution in [0.15, 0.2) is 24.3 Å². The Morgan fingerprint density at radius 1 is 1.11 bits per heavy atom. The van der Waals surface area contributed by atoms with Gasteiger partial charge < -0.3 is 9.84 Å². The molecule has 0 bridgehead atoms. The molecule has 19 heavy (non-hydrogen) atoms. The monoisotopic (exact) mass is 265 g/mol. The second-order valence-electron chi connectivity index (χ2n) is 4.81. The average molecular weight is 265 g/mol. The van der Waals surface area contributed by atoms with E-state index in [1.54, 1.807) is 45.0 Å². The van der Waals surface area contributed by atoms with Crippen molar-refractivity contribution in [3.63, 3.8) is 0 Å². The maximum absolute atomic E-state index is 10.9. The maximum Gasteiger partial charge on any atom is 0.506 e. The SMILES string of the molecule is CC(C)(C)OC(=O)O.O=C1NC(=O)c2ccccc21. The van der Waals surface area contributed by atoms with Crippen LogP contribution in [-0.4, -0.2) is 28.7 Å². The number of benzene rings is 1. The van der Waals surface area contributed by atoms with Crippen LogP contribution in [0.2, 0.25) is 0 Å². The third kappa shape index (κ3) is 4.42. The minimum absolute atomic E-state index is 0.300. The van der Waals surface area contributed by atoms with E-state index in [0.717, 1.165) is 0 Å². The Kier molecular flexibility index (Phi) is 4.26. The van der Waals surface area contributed by atoms with Crippen LogP contribution in [0.1, 0.15) is 41.5 Å². The zero-order valence-corrected chi connectivity index (χ0v) is 10.9. The molecule has 1 aromatic carbocycles. The molecule has 0 saturated heterocycles. The van der Waals surface area contributed by atoms with Gasteiger partial charge in [-0.2, -0.15) is 0 Å². The maximum atomic E-state index is 10.9. The van der Waals surface area contributed by atoms with Crippen LogP contribution in [0.4, 0.5) is 4.79 Å². The van der Waals surface area contributed by atoms with Gasteiger partial charge in [-0.05, 0) is 32.9 Å². The number of rotatable bonds is 0. The normalized spacial score (nSPS) is 13.0. The van der Waals surface area contributed by atoms with E-state index in [0.29, 0.717) is 11.1 Å². The van der Waals surface area contributed by atoms with E-state index < -0.39 is 11.8 Å². The van der Waals surface area contributed by atoms with Crippen LogP contribution in [0, 0.1) is 0 Å². The van der Waals surface area contributed by atoms with Gasteiger partial charge in [0, 0.05) is 0 Å². The van der Waals surface area contributed by atoms with E-state index >= 15 is 0 Å². The summed E-state index contributed by atoms with van der Waals surface area (Å²) in [6.07, 6.45) is -1.22. The van der Waals surface area contributed by atoms with Crippen molar-refractivity contribution >= 4 is 18.0 Å². The highest BCUT2D eigenvalue weighted by atomic mass is 16.7. The predicted molar refractivity (Wildman–Crippen MR) is 67.1 cm³/mol. The number of imide groups is 1. The molecule has 2 amide bonds. The molecular formula is C13H15NO5. The summed E-state index contributed by atoms with van der Waals surface area (Å²) in [5.41, 5.74) is 0.362. The molecule has 0 aliphatic carbocycles. The van der Waals surface area contributed by atoms with Gasteiger partial charge in [0.05, 0.1) is 11.1 Å². The standard InChI is InChI=1S/C8H5NO2.C5H10O3/c10-7-5-3-1-2-4-6(5)8(11)9-7;1-5(2,3)8-4(6)7/h1-4H,(H,9,10,11);1-3H3,(H,6,7). The summed E-state index contributed by atoms with van der Waals surface area (Å²) < 4.78 is 4.35. The van der Waals surface area contributed by atoms with Crippen molar-refractivity contribution in [2.24, 2.45) is 0 Å². The molecule has 2 N–H and O–H groups in total. The van der Waals surface area contributed by atoms with Gasteiger partial charge >= 0.3 is 6.16 Å². The van der Waals surface area contributed by atoms with E-state index in [9.17, 15) is 14.4 Å². The number of nitrogens with one attached hydrogen (secondary N) is 1. The Morgan fingerprint density at radius 3 is 1.79 bits per heavy atom. The van der Waals surface area contributed by atoms with Crippen LogP contribution >= 0.6 is 0 Å². The molecule has 0 unspecified atom stereocenters. The first-order chi connectivity index (χ1) is 8.70. The third-order valence-corrected chi connectivity index (χ3v) is 2.04. The van der Waals surface area contributed by atoms with Gasteiger partial charge in [-0.1, -0.05) is 12.1 Å². The Labute approximate surface area is 110 Å². The number of carboxylic acid groups (broad SMARTS) is 1. The summed E-state index contributed by atoms with van der Waals surface area (Å²) in [6.45, 7) is 5.04. The average Bonchev–Trinajstić information content (AvgIpc) is 2.53. The molecule has 0 spiro atoms. The largest absolute Gasteiger partial charge is 0.506 e. The summed E-state index contributed by atoms with van der Waals surface area (Å²) in [4.78, 5) is 31.7. The number of amides is 2. The van der Waals surface area contributed by atoms with Crippen LogP contribution in [0.3, 0.4) is 0 Å². The first-order valence-electron chi connectivity index (χ1n) is 5.57. The van der Waals surface area contributed by atoms with Crippen LogP contribution in [0.25, 0.3) is 0 Å². The highest BCUT2D eigenvalue weighted by Crippen LogP contribution is 2.13. The van der Waals surface area contributed by atoms with Gasteiger partial charge in [-0.15, -0.1) is 0 Å². The first-order valence-corrected chi connectivity index (χ1v) is 5.57. The van der Waals surface area contributed by atoms with Gasteiger partial charge in [0.2, 0.25) is 0 Å². The Hall–Kier alpha value is -2.37. The second-order valence-corrected chi connectivity index (χ2v) is 4.81. The summed E-state index contributed by atoms with van der Waals surface area (Å²) in [5, 5.41) is 10.2. The smallest absolute Gasteiger partial charge is 0.450 e. The van der Waals surface area contributed by atoms with E-state index in [1.165, 1.54) is 0 Å². The third-order valence-electron chi connectivity index (χ3n) is 2.04. The van der Waals surface area contributed by atoms with Gasteiger partial charge in [0.25, 0.3) is 11.8 Å². The summed E-state index contributed by atoms with van der Waals surface area (Å²) in [7, 11) is 0. The van der Waals surface area contributed by atoms with Gasteiger partial charge in [0.1, 0.15) is 5.60 Å². The molecule has 0 saturated carbocycles. The Balaban J connectivity index is 0.000000203. The lowest BCUT2D eigenvalue weighted by molar-refractivity contribution is 0.0150. The number of fused-ring (bicyclic) bond motifs is 1. The van der Waals surface area contributed by atoms with Crippen LogP contribution < -0.4 is 5.32 Å². The lowest BCUT2D eigenvalue weighted by atomic mass is 10.1. The molecule has 0 aromatic heterocycles. The van der Waals surface area contributed by atoms with Crippen molar-refractivity contribution in [1.29, 1.82) is 0 Å². The number of carbonyl (C=O) groups excluding carboxylic acids is 2. The highest BCUT2D eigenvalue weighted by molar-refractivity contribution is 6.21. The van der Waals surface area contributed by atoms with Crippen molar-refractivity contribution in [3.05, 3.63) is 35.4 Å². The highest BCUT2D eigenvalue weighted by Gasteiger charge is 2.25. The molecular weight excluding hydrogens is 250 g/mol. The molecule has 1 aliphatic rings. The fourth-order valence-electron chi connectivity index (χ4n) is 1.38.